The van der Waals surface area contributed by atoms with Gasteiger partial charge in [0.2, 0.25) is 0 Å². The highest BCUT2D eigenvalue weighted by atomic mass is 15.2. The predicted octanol–water partition coefficient (Wildman–Crippen LogP) is 2.64. The van der Waals surface area contributed by atoms with Crippen LogP contribution in [0.1, 0.15) is 26.7 Å². The van der Waals surface area contributed by atoms with Gasteiger partial charge >= 0.3 is 0 Å². The van der Waals surface area contributed by atoms with E-state index in [9.17, 15) is 0 Å². The summed E-state index contributed by atoms with van der Waals surface area (Å²) in [5.74, 6) is 0.821. The summed E-state index contributed by atoms with van der Waals surface area (Å²) < 4.78 is 0. The zero-order valence-corrected chi connectivity index (χ0v) is 10.3. The van der Waals surface area contributed by atoms with Gasteiger partial charge in [0.05, 0.1) is 5.54 Å². The lowest BCUT2D eigenvalue weighted by molar-refractivity contribution is 0.158. The van der Waals surface area contributed by atoms with Crippen molar-refractivity contribution in [1.29, 1.82) is 0 Å². The van der Waals surface area contributed by atoms with Gasteiger partial charge in [-0.25, -0.2) is 0 Å². The molecule has 2 rings (SSSR count). The van der Waals surface area contributed by atoms with Crippen LogP contribution in [0.2, 0.25) is 0 Å². The van der Waals surface area contributed by atoms with Crippen LogP contribution in [0.4, 0.5) is 5.69 Å². The van der Waals surface area contributed by atoms with Gasteiger partial charge in [-0.15, -0.1) is 0 Å². The Morgan fingerprint density at radius 3 is 2.38 bits per heavy atom. The number of nitrogens with two attached hydrogens (primary N) is 1. The molecule has 88 valence electrons. The van der Waals surface area contributed by atoms with E-state index >= 15 is 0 Å². The van der Waals surface area contributed by atoms with E-state index in [-0.39, 0.29) is 5.54 Å². The van der Waals surface area contributed by atoms with Gasteiger partial charge in [-0.05, 0) is 37.8 Å². The zero-order chi connectivity index (χ0) is 11.6. The van der Waals surface area contributed by atoms with E-state index in [1.807, 2.05) is 0 Å². The molecule has 1 aromatic rings. The van der Waals surface area contributed by atoms with Crippen molar-refractivity contribution in [2.45, 2.75) is 32.2 Å². The molecule has 1 saturated carbocycles. The molecule has 0 spiro atoms. The Morgan fingerprint density at radius 2 is 1.94 bits per heavy atom. The van der Waals surface area contributed by atoms with Gasteiger partial charge in [-0.3, -0.25) is 0 Å². The quantitative estimate of drug-likeness (QED) is 0.842. The molecular weight excluding hydrogens is 196 g/mol. The topological polar surface area (TPSA) is 29.3 Å². The predicted molar refractivity (Wildman–Crippen MR) is 69.6 cm³/mol. The lowest BCUT2D eigenvalue weighted by Crippen LogP contribution is -2.61. The molecule has 2 N–H and O–H groups in total. The third kappa shape index (κ3) is 1.82. The number of benzene rings is 1. The van der Waals surface area contributed by atoms with Crippen molar-refractivity contribution in [3.63, 3.8) is 0 Å². The van der Waals surface area contributed by atoms with Crippen molar-refractivity contribution in [3.8, 4) is 0 Å². The minimum absolute atomic E-state index is 0.218. The second kappa shape index (κ2) is 4.46. The van der Waals surface area contributed by atoms with Crippen molar-refractivity contribution in [3.05, 3.63) is 30.3 Å². The molecule has 1 aliphatic rings. The number of anilines is 1. The zero-order valence-electron chi connectivity index (χ0n) is 10.3. The molecule has 0 amide bonds. The second-order valence-electron chi connectivity index (χ2n) is 5.02. The second-order valence-corrected chi connectivity index (χ2v) is 5.02. The van der Waals surface area contributed by atoms with Crippen LogP contribution >= 0.6 is 0 Å². The molecule has 2 heteroatoms. The monoisotopic (exact) mass is 218 g/mol. The van der Waals surface area contributed by atoms with Gasteiger partial charge in [0, 0.05) is 18.8 Å². The minimum Gasteiger partial charge on any atom is -0.365 e. The van der Waals surface area contributed by atoms with E-state index in [4.69, 9.17) is 5.73 Å². The lowest BCUT2D eigenvalue weighted by Gasteiger charge is -2.54. The standard InChI is InChI=1S/C14H22N2/c1-3-16(13-7-5-4-6-8-13)14(11-15)9-12(2)10-14/h4-8,12H,3,9-11,15H2,1-2H3. The average molecular weight is 218 g/mol. The van der Waals surface area contributed by atoms with E-state index in [2.05, 4.69) is 49.1 Å². The summed E-state index contributed by atoms with van der Waals surface area (Å²) in [6.07, 6.45) is 2.46. The smallest absolute Gasteiger partial charge is 0.0529 e. The molecular formula is C14H22N2. The molecule has 0 unspecified atom stereocenters. The molecule has 0 heterocycles. The van der Waals surface area contributed by atoms with E-state index in [1.54, 1.807) is 0 Å². The Kier molecular flexibility index (Phi) is 3.20. The molecule has 1 aliphatic carbocycles. The number of hydrogen-bond acceptors (Lipinski definition) is 2. The number of hydrogen-bond donors (Lipinski definition) is 1. The maximum absolute atomic E-state index is 6.00. The summed E-state index contributed by atoms with van der Waals surface area (Å²) in [4.78, 5) is 2.48. The fourth-order valence-corrected chi connectivity index (χ4v) is 3.13. The number of para-hydroxylation sites is 1. The molecule has 1 fully saturated rings. The van der Waals surface area contributed by atoms with Crippen LogP contribution in [0.15, 0.2) is 30.3 Å². The summed E-state index contributed by atoms with van der Waals surface area (Å²) in [6.45, 7) is 6.33. The van der Waals surface area contributed by atoms with E-state index < -0.39 is 0 Å². The molecule has 0 aliphatic heterocycles. The molecule has 0 radical (unpaired) electrons. The average Bonchev–Trinajstić information content (AvgIpc) is 2.28. The SMILES string of the molecule is CCN(c1ccccc1)C1(CN)CC(C)C1. The Hall–Kier alpha value is -1.02. The maximum atomic E-state index is 6.00. The Morgan fingerprint density at radius 1 is 1.31 bits per heavy atom. The van der Waals surface area contributed by atoms with Crippen LogP contribution in [0.3, 0.4) is 0 Å². The van der Waals surface area contributed by atoms with Gasteiger partial charge in [0.25, 0.3) is 0 Å². The Bertz CT molecular complexity index is 328. The molecule has 1 aromatic carbocycles. The lowest BCUT2D eigenvalue weighted by atomic mass is 9.68. The van der Waals surface area contributed by atoms with E-state index in [0.29, 0.717) is 0 Å². The highest BCUT2D eigenvalue weighted by Crippen LogP contribution is 2.43. The summed E-state index contributed by atoms with van der Waals surface area (Å²) in [6, 6.07) is 10.6. The Balaban J connectivity index is 2.22. The van der Waals surface area contributed by atoms with Gasteiger partial charge in [-0.1, -0.05) is 25.1 Å². The molecule has 2 nitrogen and oxygen atoms in total. The third-order valence-electron chi connectivity index (χ3n) is 3.79. The van der Waals surface area contributed by atoms with E-state index in [1.165, 1.54) is 18.5 Å². The van der Waals surface area contributed by atoms with Crippen LogP contribution in [-0.4, -0.2) is 18.6 Å². The first-order valence-corrected chi connectivity index (χ1v) is 6.24. The summed E-state index contributed by atoms with van der Waals surface area (Å²) in [5.41, 5.74) is 7.53. The first-order chi connectivity index (χ1) is 7.72. The fourth-order valence-electron chi connectivity index (χ4n) is 3.13. The van der Waals surface area contributed by atoms with Crippen LogP contribution < -0.4 is 10.6 Å². The molecule has 0 aromatic heterocycles. The van der Waals surface area contributed by atoms with Gasteiger partial charge in [0.1, 0.15) is 0 Å². The number of nitrogens with zero attached hydrogens (tertiary/aromatic N) is 1. The fraction of sp³-hybridized carbons (Fsp3) is 0.571. The minimum atomic E-state index is 0.218. The molecule has 0 bridgehead atoms. The largest absolute Gasteiger partial charge is 0.365 e. The summed E-state index contributed by atoms with van der Waals surface area (Å²) in [5, 5.41) is 0. The van der Waals surface area contributed by atoms with Crippen molar-refractivity contribution in [1.82, 2.24) is 0 Å². The van der Waals surface area contributed by atoms with Crippen LogP contribution in [0.5, 0.6) is 0 Å². The Labute approximate surface area is 98.4 Å². The van der Waals surface area contributed by atoms with Crippen LogP contribution in [-0.2, 0) is 0 Å². The highest BCUT2D eigenvalue weighted by Gasteiger charge is 2.45. The number of likely N-dealkylation sites (N-methyl/N-ethyl adjacent to an activating group) is 1. The van der Waals surface area contributed by atoms with Gasteiger partial charge in [0.15, 0.2) is 0 Å². The molecule has 0 atom stereocenters. The molecule has 0 saturated heterocycles. The normalized spacial score (nSPS) is 28.6. The van der Waals surface area contributed by atoms with Crippen LogP contribution in [0, 0.1) is 5.92 Å². The van der Waals surface area contributed by atoms with E-state index in [0.717, 1.165) is 19.0 Å². The summed E-state index contributed by atoms with van der Waals surface area (Å²) >= 11 is 0. The van der Waals surface area contributed by atoms with Gasteiger partial charge < -0.3 is 10.6 Å². The van der Waals surface area contributed by atoms with Crippen LogP contribution in [0.25, 0.3) is 0 Å². The first-order valence-electron chi connectivity index (χ1n) is 6.24. The van der Waals surface area contributed by atoms with Gasteiger partial charge in [-0.2, -0.15) is 0 Å². The van der Waals surface area contributed by atoms with Crippen molar-refractivity contribution < 1.29 is 0 Å². The van der Waals surface area contributed by atoms with Crippen molar-refractivity contribution in [2.24, 2.45) is 11.7 Å². The maximum Gasteiger partial charge on any atom is 0.0529 e. The molecule has 16 heavy (non-hydrogen) atoms. The third-order valence-corrected chi connectivity index (χ3v) is 3.79. The highest BCUT2D eigenvalue weighted by molar-refractivity contribution is 5.50. The van der Waals surface area contributed by atoms with Crippen molar-refractivity contribution >= 4 is 5.69 Å². The van der Waals surface area contributed by atoms with Crippen molar-refractivity contribution in [2.75, 3.05) is 18.0 Å². The number of rotatable bonds is 4. The summed E-state index contributed by atoms with van der Waals surface area (Å²) in [7, 11) is 0. The first kappa shape index (κ1) is 11.5.